The van der Waals surface area contributed by atoms with Crippen LogP contribution in [0.2, 0.25) is 0 Å². The van der Waals surface area contributed by atoms with Crippen LogP contribution < -0.4 is 0 Å². The summed E-state index contributed by atoms with van der Waals surface area (Å²) in [6, 6.07) is 0. The van der Waals surface area contributed by atoms with Gasteiger partial charge in [-0.2, -0.15) is 0 Å². The summed E-state index contributed by atoms with van der Waals surface area (Å²) >= 11 is 0. The molecule has 0 aliphatic rings. The number of carboxylic acid groups (broad SMARTS) is 1. The summed E-state index contributed by atoms with van der Waals surface area (Å²) in [5.74, 6) is -2.00. The van der Waals surface area contributed by atoms with Crippen molar-refractivity contribution in [2.24, 2.45) is 0 Å². The average molecular weight is 1240 g/mol. The van der Waals surface area contributed by atoms with E-state index in [1.807, 2.05) is 21.1 Å². The van der Waals surface area contributed by atoms with Gasteiger partial charge in [-0.15, -0.1) is 0 Å². The maximum absolute atomic E-state index is 13.0. The first-order valence-electron chi connectivity index (χ1n) is 37.1. The maximum atomic E-state index is 13.0. The first-order valence-corrected chi connectivity index (χ1v) is 37.1. The third kappa shape index (κ3) is 71.3. The molecule has 0 aromatic carbocycles. The molecule has 0 fully saturated rings. The van der Waals surface area contributed by atoms with E-state index in [9.17, 15) is 19.5 Å². The second-order valence-corrected chi connectivity index (χ2v) is 25.9. The van der Waals surface area contributed by atoms with Crippen molar-refractivity contribution in [3.05, 3.63) is 109 Å². The Morgan fingerprint density at radius 2 is 0.640 bits per heavy atom. The molecule has 512 valence electrons. The molecule has 0 bridgehead atoms. The number of hydrogen-bond donors (Lipinski definition) is 1. The van der Waals surface area contributed by atoms with Crippen LogP contribution in [0.3, 0.4) is 0 Å². The van der Waals surface area contributed by atoms with E-state index in [0.717, 1.165) is 103 Å². The van der Waals surface area contributed by atoms with E-state index in [1.165, 1.54) is 186 Å². The predicted octanol–water partition coefficient (Wildman–Crippen LogP) is 23.4. The van der Waals surface area contributed by atoms with E-state index >= 15 is 0 Å². The number of unbranched alkanes of at least 4 members (excludes halogenated alkanes) is 35. The number of carbonyl (C=O) groups is 3. The minimum absolute atomic E-state index is 0.184. The summed E-state index contributed by atoms with van der Waals surface area (Å²) in [5, 5.41) is 9.76. The molecule has 89 heavy (non-hydrogen) atoms. The topological polar surface area (TPSA) is 108 Å². The second kappa shape index (κ2) is 69.8. The van der Waals surface area contributed by atoms with Gasteiger partial charge in [0.15, 0.2) is 6.10 Å². The van der Waals surface area contributed by atoms with Gasteiger partial charge >= 0.3 is 17.9 Å². The highest BCUT2D eigenvalue weighted by atomic mass is 16.7. The van der Waals surface area contributed by atoms with Crippen LogP contribution in [0, 0.1) is 0 Å². The molecule has 0 spiro atoms. The fraction of sp³-hybridized carbons (Fsp3) is 0.738. The summed E-state index contributed by atoms with van der Waals surface area (Å²) < 4.78 is 23.0. The van der Waals surface area contributed by atoms with E-state index in [2.05, 4.69) is 123 Å². The van der Waals surface area contributed by atoms with Crippen molar-refractivity contribution in [3.8, 4) is 0 Å². The van der Waals surface area contributed by atoms with Gasteiger partial charge in [-0.3, -0.25) is 9.59 Å². The predicted molar refractivity (Wildman–Crippen MR) is 382 cm³/mol. The summed E-state index contributed by atoms with van der Waals surface area (Å²) in [6.45, 7) is 4.80. The number of carboxylic acids is 1. The summed E-state index contributed by atoms with van der Waals surface area (Å²) in [4.78, 5) is 37.7. The Kier molecular flexibility index (Phi) is 66.7. The highest BCUT2D eigenvalue weighted by Gasteiger charge is 2.25. The minimum atomic E-state index is -1.52. The fourth-order valence-corrected chi connectivity index (χ4v) is 10.4. The molecule has 0 rings (SSSR count). The Balaban J connectivity index is 4.10. The van der Waals surface area contributed by atoms with E-state index in [1.54, 1.807) is 0 Å². The summed E-state index contributed by atoms with van der Waals surface area (Å²) in [5.41, 5.74) is 0. The van der Waals surface area contributed by atoms with Crippen LogP contribution in [0.5, 0.6) is 0 Å². The zero-order valence-electron chi connectivity index (χ0n) is 58.6. The van der Waals surface area contributed by atoms with Crippen molar-refractivity contribution in [2.75, 3.05) is 47.5 Å². The molecule has 0 aromatic heterocycles. The Hall–Kier alpha value is -4.05. The SMILES string of the molecule is CC/C=C\C/C=C\C/C=C\C/C=C\C/C=C\C/C=C\C/C=C\C/C=C\C/C=C\CCCCCCCCCCCCCC(=O)OC(COC(=O)CCCCCCCCCCCCCCCCCCCCCCCCCCC)COC(OCC[N+](C)(C)C)C(=O)O. The molecule has 2 atom stereocenters. The van der Waals surface area contributed by atoms with Crippen LogP contribution in [-0.4, -0.2) is 87.4 Å². The van der Waals surface area contributed by atoms with E-state index in [-0.39, 0.29) is 32.2 Å². The van der Waals surface area contributed by atoms with E-state index < -0.39 is 24.3 Å². The van der Waals surface area contributed by atoms with Crippen molar-refractivity contribution in [2.45, 2.75) is 334 Å². The molecule has 0 radical (unpaired) electrons. The Morgan fingerprint density at radius 1 is 0.348 bits per heavy atom. The molecular formula is C80H140NO8+. The van der Waals surface area contributed by atoms with Crippen LogP contribution in [-0.2, 0) is 33.3 Å². The Bertz CT molecular complexity index is 1830. The largest absolute Gasteiger partial charge is 0.477 e. The van der Waals surface area contributed by atoms with Gasteiger partial charge in [-0.05, 0) is 83.5 Å². The van der Waals surface area contributed by atoms with Gasteiger partial charge in [0.2, 0.25) is 0 Å². The molecule has 0 aliphatic heterocycles. The highest BCUT2D eigenvalue weighted by molar-refractivity contribution is 5.71. The summed E-state index contributed by atoms with van der Waals surface area (Å²) in [7, 11) is 5.98. The monoisotopic (exact) mass is 1240 g/mol. The number of nitrogens with zero attached hydrogens (tertiary/aromatic N) is 1. The number of carbonyl (C=O) groups excluding carboxylic acids is 2. The Labute approximate surface area is 549 Å². The van der Waals surface area contributed by atoms with Crippen molar-refractivity contribution in [1.29, 1.82) is 0 Å². The lowest BCUT2D eigenvalue weighted by atomic mass is 10.0. The number of likely N-dealkylation sites (N-methyl/N-ethyl adjacent to an activating group) is 1. The molecule has 0 aromatic rings. The molecular weight excluding hydrogens is 1100 g/mol. The van der Waals surface area contributed by atoms with Crippen LogP contribution in [0.25, 0.3) is 0 Å². The molecule has 0 heterocycles. The van der Waals surface area contributed by atoms with Crippen LogP contribution in [0.4, 0.5) is 0 Å². The maximum Gasteiger partial charge on any atom is 0.361 e. The number of hydrogen-bond acceptors (Lipinski definition) is 7. The van der Waals surface area contributed by atoms with Crippen molar-refractivity contribution in [1.82, 2.24) is 0 Å². The van der Waals surface area contributed by atoms with Gasteiger partial charge in [0.1, 0.15) is 13.2 Å². The van der Waals surface area contributed by atoms with Gasteiger partial charge < -0.3 is 28.5 Å². The van der Waals surface area contributed by atoms with Gasteiger partial charge in [-0.1, -0.05) is 335 Å². The standard InChI is InChI=1S/C80H139NO8/c1-6-8-10-12-14-16-18-20-22-24-26-28-30-32-33-34-35-36-37-38-39-40-41-42-43-44-45-47-49-51-53-55-57-59-61-63-65-67-69-71-78(83)89-76(75-88-80(79(84)85)86-73-72-81(3,4)5)74-87-77(82)70-68-66-64-62-60-58-56-54-52-50-48-46-31-29-27-25-23-21-19-17-15-13-11-9-7-2/h8,10,14,16,20,22,26,28,32-33,35-36,38-39,41-42,44-45,76,80H,6-7,9,11-13,15,17-19,21,23-25,27,29-31,34,37,40,43,46-75H2,1-5H3/p+1/b10-8-,16-14-,22-20-,28-26-,33-32-,36-35-,39-38-,42-41-,45-44-. The molecule has 0 saturated heterocycles. The first-order chi connectivity index (χ1) is 43.6. The second-order valence-electron chi connectivity index (χ2n) is 25.9. The number of quaternary nitrogens is 1. The van der Waals surface area contributed by atoms with Gasteiger partial charge in [-0.25, -0.2) is 4.79 Å². The van der Waals surface area contributed by atoms with Crippen LogP contribution >= 0.6 is 0 Å². The lowest BCUT2D eigenvalue weighted by molar-refractivity contribution is -0.870. The molecule has 0 amide bonds. The molecule has 9 heteroatoms. The van der Waals surface area contributed by atoms with Crippen LogP contribution in [0.15, 0.2) is 109 Å². The van der Waals surface area contributed by atoms with Gasteiger partial charge in [0.25, 0.3) is 6.29 Å². The average Bonchev–Trinajstić information content (AvgIpc) is 3.64. The van der Waals surface area contributed by atoms with Crippen molar-refractivity contribution in [3.63, 3.8) is 0 Å². The van der Waals surface area contributed by atoms with Gasteiger partial charge in [0, 0.05) is 12.8 Å². The molecule has 1 N–H and O–H groups in total. The van der Waals surface area contributed by atoms with Crippen molar-refractivity contribution < 1.29 is 42.9 Å². The third-order valence-electron chi connectivity index (χ3n) is 16.0. The minimum Gasteiger partial charge on any atom is -0.477 e. The lowest BCUT2D eigenvalue weighted by Gasteiger charge is -2.25. The third-order valence-corrected chi connectivity index (χ3v) is 16.0. The summed E-state index contributed by atoms with van der Waals surface area (Å²) in [6.07, 6.45) is 95.0. The number of rotatable bonds is 68. The molecule has 0 saturated carbocycles. The zero-order chi connectivity index (χ0) is 64.7. The highest BCUT2D eigenvalue weighted by Crippen LogP contribution is 2.18. The number of esters is 2. The van der Waals surface area contributed by atoms with E-state index in [4.69, 9.17) is 18.9 Å². The zero-order valence-corrected chi connectivity index (χ0v) is 58.6. The molecule has 2 unspecified atom stereocenters. The quantitative estimate of drug-likeness (QED) is 0.0211. The number of aliphatic carboxylic acids is 1. The molecule has 9 nitrogen and oxygen atoms in total. The smallest absolute Gasteiger partial charge is 0.361 e. The molecule has 0 aliphatic carbocycles. The first kappa shape index (κ1) is 85.0. The Morgan fingerprint density at radius 3 is 0.955 bits per heavy atom. The van der Waals surface area contributed by atoms with E-state index in [0.29, 0.717) is 23.9 Å². The van der Waals surface area contributed by atoms with Crippen LogP contribution in [0.1, 0.15) is 322 Å². The fourth-order valence-electron chi connectivity index (χ4n) is 10.4. The lowest BCUT2D eigenvalue weighted by Crippen LogP contribution is -2.40. The number of ether oxygens (including phenoxy) is 4. The van der Waals surface area contributed by atoms with Crippen molar-refractivity contribution >= 4 is 17.9 Å². The number of allylic oxidation sites excluding steroid dienone is 18. The normalized spacial score (nSPS) is 13.3. The van der Waals surface area contributed by atoms with Gasteiger partial charge in [0.05, 0.1) is 34.4 Å².